The van der Waals surface area contributed by atoms with Crippen molar-refractivity contribution in [1.82, 2.24) is 4.90 Å². The minimum absolute atomic E-state index is 0.0468. The van der Waals surface area contributed by atoms with E-state index in [4.69, 9.17) is 16.3 Å². The van der Waals surface area contributed by atoms with Gasteiger partial charge in [0.25, 0.3) is 5.91 Å². The van der Waals surface area contributed by atoms with E-state index in [0.29, 0.717) is 23.6 Å². The first-order valence-corrected chi connectivity index (χ1v) is 15.4. The van der Waals surface area contributed by atoms with Gasteiger partial charge in [0.2, 0.25) is 5.91 Å². The number of esters is 1. The Kier molecular flexibility index (Phi) is 9.25. The molecular formula is C29H36BrClN2O5S. The molecule has 2 amide bonds. The lowest BCUT2D eigenvalue weighted by Crippen LogP contribution is -2.58. The van der Waals surface area contributed by atoms with Crippen molar-refractivity contribution in [2.75, 3.05) is 24.7 Å². The van der Waals surface area contributed by atoms with Crippen LogP contribution in [-0.2, 0) is 19.1 Å². The molecule has 0 radical (unpaired) electrons. The second-order valence-corrected chi connectivity index (χ2v) is 14.1. The number of aryl methyl sites for hydroxylation is 1. The highest BCUT2D eigenvalue weighted by molar-refractivity contribution is 9.09. The second kappa shape index (κ2) is 12.0. The quantitative estimate of drug-likeness (QED) is 0.213. The normalized spacial score (nSPS) is 29.9. The molecule has 0 saturated carbocycles. The number of aliphatic hydroxyl groups excluding tert-OH is 1. The van der Waals surface area contributed by atoms with Gasteiger partial charge in [0, 0.05) is 16.6 Å². The average molecular weight is 640 g/mol. The van der Waals surface area contributed by atoms with Crippen LogP contribution >= 0.6 is 39.3 Å². The molecular weight excluding hydrogens is 604 g/mol. The monoisotopic (exact) mass is 638 g/mol. The van der Waals surface area contributed by atoms with Gasteiger partial charge < -0.3 is 19.6 Å². The summed E-state index contributed by atoms with van der Waals surface area (Å²) >= 11 is 11.9. The molecule has 7 atom stereocenters. The minimum atomic E-state index is -0.909. The van der Waals surface area contributed by atoms with Crippen LogP contribution < -0.4 is 4.90 Å². The summed E-state index contributed by atoms with van der Waals surface area (Å²) < 4.78 is 4.59. The SMILES string of the molecule is C=CCOC(=O)[C@H]1[C@H]2C(=O)N([C@@H](CO)CC(C)C)C(C(=O)N(CC=C)c3c(C)cccc3Cl)C23CC(Br)[C@@H]1S3. The molecule has 4 rings (SSSR count). The molecule has 0 aromatic heterocycles. The number of carbonyl (C=O) groups excluding carboxylic acids is 3. The van der Waals surface area contributed by atoms with Crippen molar-refractivity contribution in [3.63, 3.8) is 0 Å². The lowest BCUT2D eigenvalue weighted by Gasteiger charge is -2.40. The number of aliphatic hydroxyl groups is 1. The molecule has 1 aromatic carbocycles. The molecule has 7 nitrogen and oxygen atoms in total. The Labute approximate surface area is 248 Å². The predicted octanol–water partition coefficient (Wildman–Crippen LogP) is 4.77. The van der Waals surface area contributed by atoms with E-state index in [1.807, 2.05) is 32.9 Å². The number of fused-ring (bicyclic) bond motifs is 1. The van der Waals surface area contributed by atoms with E-state index >= 15 is 0 Å². The maximum Gasteiger partial charge on any atom is 0.311 e. The zero-order valence-electron chi connectivity index (χ0n) is 22.5. The van der Waals surface area contributed by atoms with Gasteiger partial charge >= 0.3 is 5.97 Å². The number of halogens is 2. The number of nitrogens with zero attached hydrogens (tertiary/aromatic N) is 2. The van der Waals surface area contributed by atoms with Crippen molar-refractivity contribution in [2.24, 2.45) is 17.8 Å². The maximum absolute atomic E-state index is 14.8. The summed E-state index contributed by atoms with van der Waals surface area (Å²) in [7, 11) is 0. The fourth-order valence-corrected chi connectivity index (χ4v) is 10.5. The summed E-state index contributed by atoms with van der Waals surface area (Å²) in [6.07, 6.45) is 4.17. The number of hydrogen-bond donors (Lipinski definition) is 1. The third-order valence-electron chi connectivity index (χ3n) is 7.96. The van der Waals surface area contributed by atoms with Crippen molar-refractivity contribution in [3.8, 4) is 0 Å². The standard InChI is InChI=1S/C29H36BrClN2O5S/c1-6-11-32(23-17(5)9-8-10-20(23)31)27(36)25-29-14-19(30)24(39-29)21(28(37)38-12-7-2)22(29)26(35)33(25)18(15-34)13-16(3)4/h6-10,16,18-19,21-22,24-25,34H,1-2,11-15H2,3-5H3/t18-,19?,21+,22+,24+,25?,29?/m1/s1. The molecule has 10 heteroatoms. The minimum Gasteiger partial charge on any atom is -0.461 e. The fraction of sp³-hybridized carbons (Fsp3) is 0.552. The molecule has 2 bridgehead atoms. The molecule has 3 unspecified atom stereocenters. The zero-order valence-corrected chi connectivity index (χ0v) is 25.7. The molecule has 39 heavy (non-hydrogen) atoms. The molecule has 1 N–H and O–H groups in total. The van der Waals surface area contributed by atoms with Crippen LogP contribution in [0.15, 0.2) is 43.5 Å². The number of anilines is 1. The third-order valence-corrected chi connectivity index (χ3v) is 11.5. The van der Waals surface area contributed by atoms with Gasteiger partial charge in [-0.25, -0.2) is 0 Å². The average Bonchev–Trinajstić information content (AvgIpc) is 3.48. The van der Waals surface area contributed by atoms with Crippen molar-refractivity contribution in [2.45, 2.75) is 60.5 Å². The van der Waals surface area contributed by atoms with Crippen LogP contribution in [0.4, 0.5) is 5.69 Å². The largest absolute Gasteiger partial charge is 0.461 e. The molecule has 3 saturated heterocycles. The molecule has 3 aliphatic rings. The van der Waals surface area contributed by atoms with Gasteiger partial charge in [-0.3, -0.25) is 14.4 Å². The van der Waals surface area contributed by atoms with E-state index in [-0.39, 0.29) is 47.6 Å². The Balaban J connectivity index is 1.87. The number of carbonyl (C=O) groups is 3. The van der Waals surface area contributed by atoms with Crippen molar-refractivity contribution in [1.29, 1.82) is 0 Å². The number of alkyl halides is 1. The van der Waals surface area contributed by atoms with Gasteiger partial charge in [-0.1, -0.05) is 72.2 Å². The van der Waals surface area contributed by atoms with Gasteiger partial charge in [0.1, 0.15) is 12.6 Å². The number of ether oxygens (including phenoxy) is 1. The Morgan fingerprint density at radius 2 is 2.08 bits per heavy atom. The number of likely N-dealkylation sites (tertiary alicyclic amines) is 1. The summed E-state index contributed by atoms with van der Waals surface area (Å²) in [5, 5.41) is 10.7. The van der Waals surface area contributed by atoms with Crippen LogP contribution in [-0.4, -0.2) is 74.5 Å². The molecule has 3 fully saturated rings. The van der Waals surface area contributed by atoms with Gasteiger partial charge in [-0.2, -0.15) is 0 Å². The summed E-state index contributed by atoms with van der Waals surface area (Å²) in [6, 6.07) is 3.95. The van der Waals surface area contributed by atoms with Crippen molar-refractivity contribution >= 4 is 62.8 Å². The van der Waals surface area contributed by atoms with Crippen LogP contribution in [0, 0.1) is 24.7 Å². The second-order valence-electron chi connectivity index (χ2n) is 10.9. The first-order chi connectivity index (χ1) is 18.5. The van der Waals surface area contributed by atoms with E-state index in [0.717, 1.165) is 5.56 Å². The van der Waals surface area contributed by atoms with Gasteiger partial charge in [0.15, 0.2) is 0 Å². The van der Waals surface area contributed by atoms with Crippen LogP contribution in [0.5, 0.6) is 0 Å². The molecule has 1 spiro atoms. The fourth-order valence-electron chi connectivity index (χ4n) is 6.60. The molecule has 3 aliphatic heterocycles. The first kappa shape index (κ1) is 30.2. The number of amides is 2. The highest BCUT2D eigenvalue weighted by Gasteiger charge is 2.76. The maximum atomic E-state index is 14.8. The smallest absolute Gasteiger partial charge is 0.311 e. The van der Waals surface area contributed by atoms with E-state index in [1.165, 1.54) is 17.8 Å². The van der Waals surface area contributed by atoms with Crippen LogP contribution in [0.2, 0.25) is 5.02 Å². The van der Waals surface area contributed by atoms with E-state index in [2.05, 4.69) is 29.1 Å². The highest BCUT2D eigenvalue weighted by atomic mass is 79.9. The summed E-state index contributed by atoms with van der Waals surface area (Å²) in [5.74, 6) is -2.32. The van der Waals surface area contributed by atoms with E-state index in [1.54, 1.807) is 21.9 Å². The molecule has 0 aliphatic carbocycles. The Bertz CT molecular complexity index is 1140. The summed E-state index contributed by atoms with van der Waals surface area (Å²) in [4.78, 5) is 45.5. The van der Waals surface area contributed by atoms with Gasteiger partial charge in [-0.05, 0) is 37.3 Å². The Morgan fingerprint density at radius 1 is 1.36 bits per heavy atom. The van der Waals surface area contributed by atoms with Crippen molar-refractivity contribution in [3.05, 3.63) is 54.1 Å². The Morgan fingerprint density at radius 3 is 2.67 bits per heavy atom. The van der Waals surface area contributed by atoms with Gasteiger partial charge in [-0.15, -0.1) is 18.3 Å². The van der Waals surface area contributed by atoms with E-state index < -0.39 is 34.6 Å². The number of para-hydroxylation sites is 1. The summed E-state index contributed by atoms with van der Waals surface area (Å²) in [6.45, 7) is 13.4. The highest BCUT2D eigenvalue weighted by Crippen LogP contribution is 2.68. The van der Waals surface area contributed by atoms with E-state index in [9.17, 15) is 19.5 Å². The number of thioether (sulfide) groups is 1. The number of rotatable bonds is 11. The topological polar surface area (TPSA) is 87.1 Å². The zero-order chi connectivity index (χ0) is 28.6. The molecule has 212 valence electrons. The van der Waals surface area contributed by atoms with Crippen LogP contribution in [0.3, 0.4) is 0 Å². The van der Waals surface area contributed by atoms with Crippen LogP contribution in [0.25, 0.3) is 0 Å². The van der Waals surface area contributed by atoms with Crippen molar-refractivity contribution < 1.29 is 24.2 Å². The lowest BCUT2D eigenvalue weighted by atomic mass is 9.71. The first-order valence-electron chi connectivity index (χ1n) is 13.2. The third kappa shape index (κ3) is 5.09. The molecule has 1 aromatic rings. The summed E-state index contributed by atoms with van der Waals surface area (Å²) in [5.41, 5.74) is 1.38. The number of hydrogen-bond acceptors (Lipinski definition) is 6. The van der Waals surface area contributed by atoms with Gasteiger partial charge in [0.05, 0.1) is 39.9 Å². The molecule has 3 heterocycles. The predicted molar refractivity (Wildman–Crippen MR) is 159 cm³/mol. The van der Waals surface area contributed by atoms with Crippen LogP contribution in [0.1, 0.15) is 32.3 Å². The number of benzene rings is 1. The lowest BCUT2D eigenvalue weighted by molar-refractivity contribution is -0.153. The Hall–Kier alpha value is -1.81.